The Bertz CT molecular complexity index is 935. The number of carbonyl (C=O) groups excluding carboxylic acids is 2. The van der Waals surface area contributed by atoms with Gasteiger partial charge in [-0.25, -0.2) is 0 Å². The van der Waals surface area contributed by atoms with Gasteiger partial charge in [0.2, 0.25) is 5.91 Å². The minimum atomic E-state index is -0.330. The molecule has 0 aliphatic rings. The second-order valence-corrected chi connectivity index (χ2v) is 9.37. The van der Waals surface area contributed by atoms with Crippen LogP contribution >= 0.6 is 0 Å². The number of hydrogen-bond donors (Lipinski definition) is 2. The SMILES string of the molecule is Cc1ccc(=O)n(CC(=O)Nc2ccc(C(=O)NC(C)(C)CC(C)(C)C)cc2)c1. The van der Waals surface area contributed by atoms with Gasteiger partial charge in [0.05, 0.1) is 0 Å². The highest BCUT2D eigenvalue weighted by molar-refractivity contribution is 5.96. The molecular weight excluding hydrogens is 366 g/mol. The average Bonchev–Trinajstić information content (AvgIpc) is 2.56. The van der Waals surface area contributed by atoms with Crippen LogP contribution < -0.4 is 16.2 Å². The van der Waals surface area contributed by atoms with Crippen molar-refractivity contribution in [1.29, 1.82) is 0 Å². The molecule has 2 N–H and O–H groups in total. The van der Waals surface area contributed by atoms with E-state index in [1.165, 1.54) is 10.6 Å². The zero-order chi connectivity index (χ0) is 21.8. The summed E-state index contributed by atoms with van der Waals surface area (Å²) in [5.74, 6) is -0.454. The van der Waals surface area contributed by atoms with Gasteiger partial charge in [-0.1, -0.05) is 26.8 Å². The molecule has 0 atom stereocenters. The summed E-state index contributed by atoms with van der Waals surface area (Å²) in [6.45, 7) is 12.2. The summed E-state index contributed by atoms with van der Waals surface area (Å²) in [4.78, 5) is 36.6. The van der Waals surface area contributed by atoms with E-state index in [0.717, 1.165) is 12.0 Å². The fourth-order valence-electron chi connectivity index (χ4n) is 3.58. The van der Waals surface area contributed by atoms with Crippen LogP contribution in [0.25, 0.3) is 0 Å². The van der Waals surface area contributed by atoms with Crippen LogP contribution in [-0.4, -0.2) is 21.9 Å². The van der Waals surface area contributed by atoms with E-state index in [9.17, 15) is 14.4 Å². The molecule has 0 spiro atoms. The number of hydrogen-bond acceptors (Lipinski definition) is 3. The molecule has 0 saturated carbocycles. The lowest BCUT2D eigenvalue weighted by Gasteiger charge is -2.33. The molecule has 0 bridgehead atoms. The first kappa shape index (κ1) is 22.4. The Morgan fingerprint density at radius 2 is 1.59 bits per heavy atom. The molecule has 2 amide bonds. The van der Waals surface area contributed by atoms with E-state index in [1.807, 2.05) is 20.8 Å². The number of nitrogens with one attached hydrogen (secondary N) is 2. The minimum Gasteiger partial charge on any atom is -0.347 e. The average molecular weight is 398 g/mol. The van der Waals surface area contributed by atoms with Gasteiger partial charge in [-0.2, -0.15) is 0 Å². The molecule has 29 heavy (non-hydrogen) atoms. The van der Waals surface area contributed by atoms with E-state index in [2.05, 4.69) is 31.4 Å². The first-order valence-corrected chi connectivity index (χ1v) is 9.74. The Morgan fingerprint density at radius 1 is 0.966 bits per heavy atom. The molecule has 0 aliphatic heterocycles. The summed E-state index contributed by atoms with van der Waals surface area (Å²) in [6, 6.07) is 9.87. The standard InChI is InChI=1S/C23H31N3O3/c1-16-7-12-20(28)26(13-16)14-19(27)24-18-10-8-17(9-11-18)21(29)25-23(5,6)15-22(2,3)4/h7-13H,14-15H2,1-6H3,(H,24,27)(H,25,29). The van der Waals surface area contributed by atoms with Gasteiger partial charge >= 0.3 is 0 Å². The Morgan fingerprint density at radius 3 is 2.17 bits per heavy atom. The third-order valence-electron chi connectivity index (χ3n) is 4.30. The van der Waals surface area contributed by atoms with E-state index in [0.29, 0.717) is 11.3 Å². The van der Waals surface area contributed by atoms with Crippen LogP contribution in [0, 0.1) is 12.3 Å². The fourth-order valence-corrected chi connectivity index (χ4v) is 3.58. The van der Waals surface area contributed by atoms with Crippen molar-refractivity contribution in [2.75, 3.05) is 5.32 Å². The monoisotopic (exact) mass is 397 g/mol. The zero-order valence-electron chi connectivity index (χ0n) is 18.1. The highest BCUT2D eigenvalue weighted by atomic mass is 16.2. The maximum atomic E-state index is 12.6. The van der Waals surface area contributed by atoms with Gasteiger partial charge in [0.15, 0.2) is 0 Å². The summed E-state index contributed by atoms with van der Waals surface area (Å²) in [5, 5.41) is 5.82. The van der Waals surface area contributed by atoms with Gasteiger partial charge in [0.25, 0.3) is 11.5 Å². The van der Waals surface area contributed by atoms with Crippen LogP contribution in [0.15, 0.2) is 47.4 Å². The van der Waals surface area contributed by atoms with Gasteiger partial charge in [0.1, 0.15) is 6.54 Å². The maximum absolute atomic E-state index is 12.6. The predicted molar refractivity (Wildman–Crippen MR) is 116 cm³/mol. The lowest BCUT2D eigenvalue weighted by Crippen LogP contribution is -2.45. The molecule has 0 radical (unpaired) electrons. The lowest BCUT2D eigenvalue weighted by atomic mass is 9.81. The Labute approximate surface area is 172 Å². The van der Waals surface area contributed by atoms with Crippen molar-refractivity contribution in [3.63, 3.8) is 0 Å². The van der Waals surface area contributed by atoms with Gasteiger partial charge < -0.3 is 15.2 Å². The number of benzene rings is 1. The van der Waals surface area contributed by atoms with Crippen LogP contribution in [-0.2, 0) is 11.3 Å². The van der Waals surface area contributed by atoms with Gasteiger partial charge in [0, 0.05) is 29.1 Å². The van der Waals surface area contributed by atoms with Crippen LogP contribution in [0.4, 0.5) is 5.69 Å². The number of nitrogens with zero attached hydrogens (tertiary/aromatic N) is 1. The fraction of sp³-hybridized carbons (Fsp3) is 0.435. The van der Waals surface area contributed by atoms with Crippen molar-refractivity contribution >= 4 is 17.5 Å². The third-order valence-corrected chi connectivity index (χ3v) is 4.30. The molecule has 2 rings (SSSR count). The number of rotatable bonds is 6. The van der Waals surface area contributed by atoms with Crippen molar-refractivity contribution in [2.45, 2.75) is 60.0 Å². The smallest absolute Gasteiger partial charge is 0.251 e. The van der Waals surface area contributed by atoms with Crippen molar-refractivity contribution < 1.29 is 9.59 Å². The Balaban J connectivity index is 1.99. The number of pyridine rings is 1. The molecular formula is C23H31N3O3. The van der Waals surface area contributed by atoms with E-state index in [1.54, 1.807) is 36.5 Å². The van der Waals surface area contributed by atoms with E-state index in [4.69, 9.17) is 0 Å². The number of amides is 2. The van der Waals surface area contributed by atoms with Crippen LogP contribution in [0.5, 0.6) is 0 Å². The van der Waals surface area contributed by atoms with Gasteiger partial charge in [-0.15, -0.1) is 0 Å². The molecule has 0 aliphatic carbocycles. The van der Waals surface area contributed by atoms with Crippen molar-refractivity contribution in [1.82, 2.24) is 9.88 Å². The van der Waals surface area contributed by atoms with E-state index >= 15 is 0 Å². The molecule has 2 aromatic rings. The van der Waals surface area contributed by atoms with Crippen LogP contribution in [0.2, 0.25) is 0 Å². The molecule has 6 heteroatoms. The number of anilines is 1. The van der Waals surface area contributed by atoms with E-state index in [-0.39, 0.29) is 34.9 Å². The molecule has 6 nitrogen and oxygen atoms in total. The summed E-state index contributed by atoms with van der Waals surface area (Å²) in [5.41, 5.74) is 1.55. The van der Waals surface area contributed by atoms with Gasteiger partial charge in [-0.3, -0.25) is 14.4 Å². The lowest BCUT2D eigenvalue weighted by molar-refractivity contribution is -0.116. The molecule has 1 aromatic heterocycles. The normalized spacial score (nSPS) is 11.8. The van der Waals surface area contributed by atoms with Crippen LogP contribution in [0.3, 0.4) is 0 Å². The summed E-state index contributed by atoms with van der Waals surface area (Å²) in [7, 11) is 0. The third kappa shape index (κ3) is 7.22. The van der Waals surface area contributed by atoms with Crippen molar-refractivity contribution in [2.24, 2.45) is 5.41 Å². The second kappa shape index (κ2) is 8.64. The molecule has 0 unspecified atom stereocenters. The Kier molecular flexibility index (Phi) is 6.67. The molecule has 0 fully saturated rings. The topological polar surface area (TPSA) is 80.2 Å². The molecule has 1 aromatic carbocycles. The zero-order valence-corrected chi connectivity index (χ0v) is 18.1. The molecule has 1 heterocycles. The number of carbonyl (C=O) groups is 2. The molecule has 0 saturated heterocycles. The second-order valence-electron chi connectivity index (χ2n) is 9.37. The molecule has 156 valence electrons. The predicted octanol–water partition coefficient (Wildman–Crippen LogP) is 3.74. The summed E-state index contributed by atoms with van der Waals surface area (Å²) < 4.78 is 1.36. The summed E-state index contributed by atoms with van der Waals surface area (Å²) >= 11 is 0. The first-order chi connectivity index (χ1) is 13.3. The summed E-state index contributed by atoms with van der Waals surface area (Å²) in [6.07, 6.45) is 2.49. The van der Waals surface area contributed by atoms with E-state index < -0.39 is 0 Å². The minimum absolute atomic E-state index is 0.0657. The Hall–Kier alpha value is -2.89. The quantitative estimate of drug-likeness (QED) is 0.779. The maximum Gasteiger partial charge on any atom is 0.251 e. The number of aryl methyl sites for hydroxylation is 1. The highest BCUT2D eigenvalue weighted by Gasteiger charge is 2.27. The largest absolute Gasteiger partial charge is 0.347 e. The van der Waals surface area contributed by atoms with Crippen molar-refractivity contribution in [3.05, 3.63) is 64.1 Å². The van der Waals surface area contributed by atoms with Crippen LogP contribution in [0.1, 0.15) is 57.0 Å². The number of aromatic nitrogens is 1. The highest BCUT2D eigenvalue weighted by Crippen LogP contribution is 2.27. The van der Waals surface area contributed by atoms with Gasteiger partial charge in [-0.05, 0) is 62.4 Å². The van der Waals surface area contributed by atoms with Crippen molar-refractivity contribution in [3.8, 4) is 0 Å². The first-order valence-electron chi connectivity index (χ1n) is 9.74.